The van der Waals surface area contributed by atoms with Gasteiger partial charge in [0.05, 0.1) is 11.6 Å². The van der Waals surface area contributed by atoms with Crippen LogP contribution in [-0.2, 0) is 12.7 Å². The molecule has 26 heavy (non-hydrogen) atoms. The summed E-state index contributed by atoms with van der Waals surface area (Å²) in [5, 5.41) is 7.17. The van der Waals surface area contributed by atoms with Gasteiger partial charge in [-0.15, -0.1) is 0 Å². The third kappa shape index (κ3) is 3.09. The molecule has 0 amide bonds. The summed E-state index contributed by atoms with van der Waals surface area (Å²) in [6.45, 7) is 3.00. The summed E-state index contributed by atoms with van der Waals surface area (Å²) in [5.41, 5.74) is -0.236. The van der Waals surface area contributed by atoms with Crippen LogP contribution >= 0.6 is 0 Å². The van der Waals surface area contributed by atoms with Gasteiger partial charge in [-0.1, -0.05) is 17.3 Å². The Hall–Kier alpha value is -3.04. The molecule has 7 nitrogen and oxygen atoms in total. The van der Waals surface area contributed by atoms with Gasteiger partial charge in [0.2, 0.25) is 0 Å². The van der Waals surface area contributed by atoms with Crippen LogP contribution in [-0.4, -0.2) is 19.7 Å². The quantitative estimate of drug-likeness (QED) is 0.718. The predicted molar refractivity (Wildman–Crippen MR) is 87.6 cm³/mol. The van der Waals surface area contributed by atoms with Crippen LogP contribution in [0.15, 0.2) is 34.2 Å². The number of alkyl halides is 3. The number of aromatic nitrogens is 4. The molecular weight excluding hydrogens is 351 g/mol. The standard InChI is InChI=1S/C16H14F3N5O2/c1-8(10-3-5-11(6-4-10)16(17,18)19)24-14-13(12(23-24)7-20-26)15(25)22-9(2)21-14/h3-6,8H,7H2,1-2H3,(H,21,22,25)/t8-/m0/s1. The van der Waals surface area contributed by atoms with Gasteiger partial charge in [-0.25, -0.2) is 9.67 Å². The second-order valence-corrected chi connectivity index (χ2v) is 5.82. The van der Waals surface area contributed by atoms with Gasteiger partial charge in [-0.3, -0.25) is 4.79 Å². The van der Waals surface area contributed by atoms with Gasteiger partial charge in [0, 0.05) is 0 Å². The maximum Gasteiger partial charge on any atom is 0.416 e. The summed E-state index contributed by atoms with van der Waals surface area (Å²) in [7, 11) is 0. The Kier molecular flexibility index (Phi) is 4.34. The summed E-state index contributed by atoms with van der Waals surface area (Å²) in [5.74, 6) is 0.355. The molecule has 0 bridgehead atoms. The molecule has 0 radical (unpaired) electrons. The van der Waals surface area contributed by atoms with Crippen molar-refractivity contribution in [3.05, 3.63) is 62.2 Å². The second kappa shape index (κ2) is 6.36. The fourth-order valence-electron chi connectivity index (χ4n) is 2.76. The van der Waals surface area contributed by atoms with E-state index in [9.17, 15) is 22.9 Å². The average molecular weight is 365 g/mol. The van der Waals surface area contributed by atoms with E-state index in [-0.39, 0.29) is 23.3 Å². The molecular formula is C16H14F3N5O2. The van der Waals surface area contributed by atoms with Gasteiger partial charge in [0.25, 0.3) is 5.56 Å². The zero-order valence-corrected chi connectivity index (χ0v) is 13.8. The molecule has 0 fully saturated rings. The molecule has 1 N–H and O–H groups in total. The zero-order valence-electron chi connectivity index (χ0n) is 13.8. The van der Waals surface area contributed by atoms with Gasteiger partial charge >= 0.3 is 6.18 Å². The maximum absolute atomic E-state index is 12.7. The van der Waals surface area contributed by atoms with E-state index in [1.54, 1.807) is 13.8 Å². The lowest BCUT2D eigenvalue weighted by atomic mass is 10.1. The highest BCUT2D eigenvalue weighted by atomic mass is 19.4. The van der Waals surface area contributed by atoms with E-state index in [1.807, 2.05) is 0 Å². The number of halogens is 3. The molecule has 1 aromatic carbocycles. The molecule has 0 unspecified atom stereocenters. The summed E-state index contributed by atoms with van der Waals surface area (Å²) in [6, 6.07) is 4.15. The Morgan fingerprint density at radius 2 is 1.92 bits per heavy atom. The predicted octanol–water partition coefficient (Wildman–Crippen LogP) is 3.32. The molecule has 3 aromatic rings. The van der Waals surface area contributed by atoms with E-state index in [2.05, 4.69) is 20.2 Å². The molecule has 10 heteroatoms. The number of H-pyrrole nitrogens is 1. The number of aromatic amines is 1. The van der Waals surface area contributed by atoms with Crippen LogP contribution in [0.3, 0.4) is 0 Å². The van der Waals surface area contributed by atoms with Gasteiger partial charge in [0.15, 0.2) is 5.65 Å². The number of nitrogens with one attached hydrogen (secondary N) is 1. The van der Waals surface area contributed by atoms with Crippen LogP contribution < -0.4 is 5.56 Å². The Morgan fingerprint density at radius 1 is 1.27 bits per heavy atom. The lowest BCUT2D eigenvalue weighted by Crippen LogP contribution is -2.13. The molecule has 2 aromatic heterocycles. The Balaban J connectivity index is 2.12. The van der Waals surface area contributed by atoms with E-state index in [1.165, 1.54) is 16.8 Å². The van der Waals surface area contributed by atoms with Crippen LogP contribution in [0.2, 0.25) is 0 Å². The molecule has 0 spiro atoms. The average Bonchev–Trinajstić information content (AvgIpc) is 2.92. The molecule has 0 saturated heterocycles. The summed E-state index contributed by atoms with van der Waals surface area (Å²) < 4.78 is 39.6. The molecule has 0 aliphatic rings. The highest BCUT2D eigenvalue weighted by Crippen LogP contribution is 2.31. The Bertz CT molecular complexity index is 1020. The first-order chi connectivity index (χ1) is 12.2. The highest BCUT2D eigenvalue weighted by molar-refractivity contribution is 5.77. The van der Waals surface area contributed by atoms with Crippen LogP contribution in [0.25, 0.3) is 11.0 Å². The van der Waals surface area contributed by atoms with Crippen molar-refractivity contribution in [2.45, 2.75) is 32.6 Å². The Morgan fingerprint density at radius 3 is 2.50 bits per heavy atom. The smallest absolute Gasteiger partial charge is 0.310 e. The van der Waals surface area contributed by atoms with E-state index >= 15 is 0 Å². The maximum atomic E-state index is 12.7. The van der Waals surface area contributed by atoms with Crippen molar-refractivity contribution in [2.75, 3.05) is 0 Å². The van der Waals surface area contributed by atoms with Crippen molar-refractivity contribution in [3.8, 4) is 0 Å². The number of nitroso groups, excluding NO2 is 1. The highest BCUT2D eigenvalue weighted by Gasteiger charge is 2.30. The first-order valence-corrected chi connectivity index (χ1v) is 7.66. The molecule has 2 heterocycles. The topological polar surface area (TPSA) is 93.0 Å². The number of rotatable bonds is 4. The van der Waals surface area contributed by atoms with Crippen LogP contribution in [0, 0.1) is 11.8 Å². The minimum Gasteiger partial charge on any atom is -0.310 e. The zero-order chi connectivity index (χ0) is 19.1. The third-order valence-corrected chi connectivity index (χ3v) is 4.05. The van der Waals surface area contributed by atoms with Crippen molar-refractivity contribution in [2.24, 2.45) is 5.18 Å². The number of fused-ring (bicyclic) bond motifs is 1. The second-order valence-electron chi connectivity index (χ2n) is 5.82. The molecule has 0 aliphatic carbocycles. The number of benzene rings is 1. The fraction of sp³-hybridized carbons (Fsp3) is 0.312. The van der Waals surface area contributed by atoms with Crippen LogP contribution in [0.4, 0.5) is 13.2 Å². The molecule has 0 aliphatic heterocycles. The van der Waals surface area contributed by atoms with Gasteiger partial charge in [-0.05, 0) is 31.5 Å². The summed E-state index contributed by atoms with van der Waals surface area (Å²) >= 11 is 0. The van der Waals surface area contributed by atoms with Gasteiger partial charge in [-0.2, -0.15) is 23.2 Å². The van der Waals surface area contributed by atoms with Crippen molar-refractivity contribution in [1.29, 1.82) is 0 Å². The largest absolute Gasteiger partial charge is 0.416 e. The lowest BCUT2D eigenvalue weighted by molar-refractivity contribution is -0.137. The minimum absolute atomic E-state index is 0.147. The first-order valence-electron chi connectivity index (χ1n) is 7.66. The van der Waals surface area contributed by atoms with Gasteiger partial charge < -0.3 is 4.98 Å². The SMILES string of the molecule is Cc1nc2c(c(CN=O)nn2[C@@H](C)c2ccc(C(F)(F)F)cc2)c(=O)[nH]1. The molecule has 1 atom stereocenters. The first kappa shape index (κ1) is 17.8. The Labute approximate surface area is 144 Å². The van der Waals surface area contributed by atoms with Crippen molar-refractivity contribution in [1.82, 2.24) is 19.7 Å². The minimum atomic E-state index is -4.42. The number of nitrogens with zero attached hydrogens (tertiary/aromatic N) is 4. The number of hydrogen-bond donors (Lipinski definition) is 1. The van der Waals surface area contributed by atoms with Gasteiger partial charge in [0.1, 0.15) is 23.4 Å². The molecule has 0 saturated carbocycles. The van der Waals surface area contributed by atoms with E-state index in [0.717, 1.165) is 12.1 Å². The van der Waals surface area contributed by atoms with Crippen LogP contribution in [0.5, 0.6) is 0 Å². The number of hydrogen-bond acceptors (Lipinski definition) is 5. The van der Waals surface area contributed by atoms with E-state index < -0.39 is 23.3 Å². The number of aryl methyl sites for hydroxylation is 1. The van der Waals surface area contributed by atoms with E-state index in [0.29, 0.717) is 11.4 Å². The van der Waals surface area contributed by atoms with Crippen LogP contribution in [0.1, 0.15) is 35.6 Å². The summed E-state index contributed by atoms with van der Waals surface area (Å²) in [6.07, 6.45) is -4.42. The molecule has 136 valence electrons. The normalized spacial score (nSPS) is 13.1. The van der Waals surface area contributed by atoms with Crippen molar-refractivity contribution < 1.29 is 13.2 Å². The summed E-state index contributed by atoms with van der Waals surface area (Å²) in [4.78, 5) is 29.6. The molecule has 3 rings (SSSR count). The van der Waals surface area contributed by atoms with Crippen molar-refractivity contribution in [3.63, 3.8) is 0 Å². The lowest BCUT2D eigenvalue weighted by Gasteiger charge is -2.15. The van der Waals surface area contributed by atoms with Crippen molar-refractivity contribution >= 4 is 11.0 Å². The van der Waals surface area contributed by atoms with E-state index in [4.69, 9.17) is 0 Å². The fourth-order valence-corrected chi connectivity index (χ4v) is 2.76. The third-order valence-electron chi connectivity index (χ3n) is 4.05. The monoisotopic (exact) mass is 365 g/mol.